The van der Waals surface area contributed by atoms with Crippen molar-refractivity contribution in [3.63, 3.8) is 0 Å². The summed E-state index contributed by atoms with van der Waals surface area (Å²) in [4.78, 5) is 29.7. The highest BCUT2D eigenvalue weighted by molar-refractivity contribution is 5.97. The summed E-state index contributed by atoms with van der Waals surface area (Å²) in [6, 6.07) is 6.98. The molecule has 150 valence electrons. The minimum Gasteiger partial charge on any atom is -0.392 e. The summed E-state index contributed by atoms with van der Waals surface area (Å²) >= 11 is 0. The van der Waals surface area contributed by atoms with Crippen LogP contribution in [0.5, 0.6) is 0 Å². The second-order valence-corrected chi connectivity index (χ2v) is 8.04. The number of carbonyl (C=O) groups is 2. The fraction of sp³-hybridized carbons (Fsp3) is 0.619. The van der Waals surface area contributed by atoms with Gasteiger partial charge in [-0.05, 0) is 38.8 Å². The molecule has 0 radical (unpaired) electrons. The topological polar surface area (TPSA) is 72.9 Å². The normalized spacial score (nSPS) is 20.4. The number of carbonyl (C=O) groups excluding carboxylic acids is 2. The number of aryl methyl sites for hydroxylation is 1. The average molecular weight is 376 g/mol. The molecule has 2 N–H and O–H groups in total. The first-order valence-corrected chi connectivity index (χ1v) is 9.77. The molecule has 1 aliphatic rings. The van der Waals surface area contributed by atoms with E-state index in [9.17, 15) is 14.7 Å². The van der Waals surface area contributed by atoms with E-state index in [1.807, 2.05) is 37.8 Å². The molecule has 27 heavy (non-hydrogen) atoms. The smallest absolute Gasteiger partial charge is 0.251 e. The van der Waals surface area contributed by atoms with E-state index in [4.69, 9.17) is 0 Å². The first-order chi connectivity index (χ1) is 12.7. The van der Waals surface area contributed by atoms with Gasteiger partial charge in [0.15, 0.2) is 0 Å². The molecular weight excluding hydrogens is 342 g/mol. The van der Waals surface area contributed by atoms with Gasteiger partial charge in [-0.15, -0.1) is 0 Å². The van der Waals surface area contributed by atoms with Gasteiger partial charge in [-0.25, -0.2) is 0 Å². The zero-order chi connectivity index (χ0) is 20.1. The van der Waals surface area contributed by atoms with Crippen molar-refractivity contribution < 1.29 is 14.7 Å². The highest BCUT2D eigenvalue weighted by Gasteiger charge is 2.33. The predicted octanol–water partition coefficient (Wildman–Crippen LogP) is 1.66. The van der Waals surface area contributed by atoms with E-state index in [1.165, 1.54) is 0 Å². The third kappa shape index (κ3) is 5.78. The number of β-amino-alcohol motifs (C(OH)–C–C–N with tert-alkyl or cyclic N) is 1. The lowest BCUT2D eigenvalue weighted by Crippen LogP contribution is -2.59. The van der Waals surface area contributed by atoms with E-state index in [0.717, 1.165) is 12.1 Å². The number of aliphatic hydroxyl groups excluding tert-OH is 1. The molecule has 0 unspecified atom stereocenters. The fourth-order valence-corrected chi connectivity index (χ4v) is 3.45. The lowest BCUT2D eigenvalue weighted by atomic mass is 10.0. The first kappa shape index (κ1) is 21.4. The lowest BCUT2D eigenvalue weighted by molar-refractivity contribution is -0.137. The van der Waals surface area contributed by atoms with E-state index >= 15 is 0 Å². The summed E-state index contributed by atoms with van der Waals surface area (Å²) in [7, 11) is 0. The third-order valence-corrected chi connectivity index (χ3v) is 5.11. The van der Waals surface area contributed by atoms with Crippen molar-refractivity contribution in [1.29, 1.82) is 0 Å². The second-order valence-electron chi connectivity index (χ2n) is 8.04. The van der Waals surface area contributed by atoms with Gasteiger partial charge in [0, 0.05) is 37.8 Å². The molecule has 1 aliphatic heterocycles. The number of hydrogen-bond donors (Lipinski definition) is 2. The maximum Gasteiger partial charge on any atom is 0.251 e. The molecule has 3 atom stereocenters. The van der Waals surface area contributed by atoms with Crippen LogP contribution in [0.2, 0.25) is 0 Å². The Labute approximate surface area is 162 Å². The van der Waals surface area contributed by atoms with Crippen LogP contribution in [-0.4, -0.2) is 71.1 Å². The van der Waals surface area contributed by atoms with Gasteiger partial charge in [-0.2, -0.15) is 0 Å². The number of rotatable bonds is 6. The van der Waals surface area contributed by atoms with Crippen molar-refractivity contribution >= 4 is 11.8 Å². The molecule has 0 aliphatic carbocycles. The zero-order valence-corrected chi connectivity index (χ0v) is 17.1. The summed E-state index contributed by atoms with van der Waals surface area (Å²) in [6.45, 7) is 12.3. The van der Waals surface area contributed by atoms with Gasteiger partial charge in [0.25, 0.3) is 5.91 Å². The molecule has 1 fully saturated rings. The molecule has 2 rings (SSSR count). The lowest BCUT2D eigenvalue weighted by Gasteiger charge is -2.41. The van der Waals surface area contributed by atoms with Crippen LogP contribution in [0.3, 0.4) is 0 Å². The number of hydrogen-bond acceptors (Lipinski definition) is 4. The van der Waals surface area contributed by atoms with Gasteiger partial charge >= 0.3 is 0 Å². The summed E-state index contributed by atoms with van der Waals surface area (Å²) < 4.78 is 0. The number of aliphatic hydroxyl groups is 1. The van der Waals surface area contributed by atoms with E-state index < -0.39 is 6.04 Å². The van der Waals surface area contributed by atoms with Crippen LogP contribution in [0.15, 0.2) is 24.3 Å². The number of nitrogens with one attached hydrogen (secondary N) is 1. The first-order valence-electron chi connectivity index (χ1n) is 9.77. The zero-order valence-electron chi connectivity index (χ0n) is 17.1. The maximum atomic E-state index is 13.1. The Balaban J connectivity index is 2.02. The van der Waals surface area contributed by atoms with E-state index in [2.05, 4.69) is 17.1 Å². The van der Waals surface area contributed by atoms with Crippen molar-refractivity contribution in [2.24, 2.45) is 5.92 Å². The number of amides is 2. The SMILES string of the molecule is Cc1ccc(C(=O)N[C@H](C(=O)N2CCN(C[C@@H](C)O)[C@H](C)C2)C(C)C)cc1. The third-order valence-electron chi connectivity index (χ3n) is 5.11. The van der Waals surface area contributed by atoms with Gasteiger partial charge < -0.3 is 15.3 Å². The quantitative estimate of drug-likeness (QED) is 0.793. The molecule has 6 heteroatoms. The monoisotopic (exact) mass is 375 g/mol. The molecule has 1 aromatic rings. The highest BCUT2D eigenvalue weighted by atomic mass is 16.3. The number of benzene rings is 1. The van der Waals surface area contributed by atoms with Crippen molar-refractivity contribution in [3.8, 4) is 0 Å². The molecule has 1 saturated heterocycles. The van der Waals surface area contributed by atoms with E-state index in [-0.39, 0.29) is 29.9 Å². The number of nitrogens with zero attached hydrogens (tertiary/aromatic N) is 2. The van der Waals surface area contributed by atoms with E-state index in [0.29, 0.717) is 25.2 Å². The van der Waals surface area contributed by atoms with Crippen LogP contribution in [0.1, 0.15) is 43.6 Å². The summed E-state index contributed by atoms with van der Waals surface area (Å²) in [5, 5.41) is 12.5. The Morgan fingerprint density at radius 3 is 2.33 bits per heavy atom. The fourth-order valence-electron chi connectivity index (χ4n) is 3.45. The van der Waals surface area contributed by atoms with Crippen molar-refractivity contribution in [2.45, 2.75) is 52.8 Å². The minimum absolute atomic E-state index is 0.00213. The van der Waals surface area contributed by atoms with Crippen molar-refractivity contribution in [1.82, 2.24) is 15.1 Å². The molecule has 2 amide bonds. The Bertz CT molecular complexity index is 643. The molecule has 6 nitrogen and oxygen atoms in total. The Morgan fingerprint density at radius 1 is 1.19 bits per heavy atom. The average Bonchev–Trinajstić information content (AvgIpc) is 2.60. The Kier molecular flexibility index (Phi) is 7.39. The predicted molar refractivity (Wildman–Crippen MR) is 107 cm³/mol. The van der Waals surface area contributed by atoms with E-state index in [1.54, 1.807) is 19.1 Å². The number of piperazine rings is 1. The molecule has 0 aromatic heterocycles. The van der Waals surface area contributed by atoms with Crippen LogP contribution < -0.4 is 5.32 Å². The molecule has 0 spiro atoms. The van der Waals surface area contributed by atoms with Gasteiger partial charge in [-0.1, -0.05) is 31.5 Å². The minimum atomic E-state index is -0.547. The van der Waals surface area contributed by atoms with Gasteiger partial charge in [-0.3, -0.25) is 14.5 Å². The maximum absolute atomic E-state index is 13.1. The van der Waals surface area contributed by atoms with Gasteiger partial charge in [0.05, 0.1) is 6.10 Å². The Morgan fingerprint density at radius 2 is 1.81 bits per heavy atom. The van der Waals surface area contributed by atoms with Crippen LogP contribution in [0.25, 0.3) is 0 Å². The molecule has 1 aromatic carbocycles. The van der Waals surface area contributed by atoms with Gasteiger partial charge in [0.2, 0.25) is 5.91 Å². The van der Waals surface area contributed by atoms with Crippen LogP contribution in [0, 0.1) is 12.8 Å². The van der Waals surface area contributed by atoms with Gasteiger partial charge in [0.1, 0.15) is 6.04 Å². The molecule has 1 heterocycles. The molecular formula is C21H33N3O3. The standard InChI is InChI=1S/C21H33N3O3/c1-14(2)19(22-20(26)18-8-6-15(3)7-9-18)21(27)24-11-10-23(13-17(5)25)16(4)12-24/h6-9,14,16-17,19,25H,10-13H2,1-5H3,(H,22,26)/t16-,17-,19+/m1/s1. The largest absolute Gasteiger partial charge is 0.392 e. The van der Waals surface area contributed by atoms with Crippen molar-refractivity contribution in [3.05, 3.63) is 35.4 Å². The molecule has 0 saturated carbocycles. The second kappa shape index (κ2) is 9.33. The summed E-state index contributed by atoms with van der Waals surface area (Å²) in [5.74, 6) is -0.255. The van der Waals surface area contributed by atoms with Crippen LogP contribution in [-0.2, 0) is 4.79 Å². The molecule has 0 bridgehead atoms. The summed E-state index contributed by atoms with van der Waals surface area (Å²) in [5.41, 5.74) is 1.65. The Hall–Kier alpha value is -1.92. The van der Waals surface area contributed by atoms with Crippen LogP contribution >= 0.6 is 0 Å². The van der Waals surface area contributed by atoms with Crippen molar-refractivity contribution in [2.75, 3.05) is 26.2 Å². The summed E-state index contributed by atoms with van der Waals surface area (Å²) in [6.07, 6.45) is -0.382. The van der Waals surface area contributed by atoms with Crippen LogP contribution in [0.4, 0.5) is 0 Å². The highest BCUT2D eigenvalue weighted by Crippen LogP contribution is 2.15.